The van der Waals surface area contributed by atoms with E-state index in [4.69, 9.17) is 33.2 Å². The fraction of sp³-hybridized carbons (Fsp3) is 0.455. The fourth-order valence-electron chi connectivity index (χ4n) is 5.07. The Bertz CT molecular complexity index is 1160. The van der Waals surface area contributed by atoms with E-state index in [2.05, 4.69) is 0 Å². The average Bonchev–Trinajstić information content (AvgIpc) is 3.36. The van der Waals surface area contributed by atoms with E-state index >= 15 is 0 Å². The normalized spacial score (nSPS) is 27.6. The average molecular weight is 565 g/mol. The summed E-state index contributed by atoms with van der Waals surface area (Å²) in [4.78, 5) is 0. The third-order valence-electron chi connectivity index (χ3n) is 7.14. The van der Waals surface area contributed by atoms with Crippen LogP contribution < -0.4 is 0 Å². The number of benzene rings is 3. The first-order chi connectivity index (χ1) is 20.0. The number of aliphatic hydroxyl groups is 1. The molecule has 2 fully saturated rings. The minimum atomic E-state index is -0.833. The van der Waals surface area contributed by atoms with Gasteiger partial charge in [0.2, 0.25) is 0 Å². The second kappa shape index (κ2) is 14.5. The summed E-state index contributed by atoms with van der Waals surface area (Å²) in [5.74, 6) is -0.671. The summed E-state index contributed by atoms with van der Waals surface area (Å²) in [6.07, 6.45) is -3.66. The molecule has 5 rings (SSSR count). The Morgan fingerprint density at radius 3 is 1.63 bits per heavy atom. The lowest BCUT2D eigenvalue weighted by Gasteiger charge is -2.45. The standard InChI is InChI=1S/C33H40O8/c1-33(2)39-23-27(41-33)22-38-32-31(37-21-26-16-10-5-11-17-26)30(36-20-25-14-8-4-9-15-25)29(28(18-34)40-32)35-19-24-12-6-3-7-13-24/h3-17,27-32,34H,18-23H2,1-2H3/t27-,28+,29+,30-,31+,32-/m0/s1. The fourth-order valence-corrected chi connectivity index (χ4v) is 5.07. The summed E-state index contributed by atoms with van der Waals surface area (Å²) in [5.41, 5.74) is 3.03. The lowest BCUT2D eigenvalue weighted by molar-refractivity contribution is -0.329. The Kier molecular flexibility index (Phi) is 10.5. The van der Waals surface area contributed by atoms with Gasteiger partial charge in [0.05, 0.1) is 39.6 Å². The van der Waals surface area contributed by atoms with E-state index in [9.17, 15) is 5.11 Å². The summed E-state index contributed by atoms with van der Waals surface area (Å²) in [7, 11) is 0. The molecule has 8 heteroatoms. The Morgan fingerprint density at radius 1 is 0.683 bits per heavy atom. The minimum absolute atomic E-state index is 0.235. The molecule has 2 aliphatic heterocycles. The van der Waals surface area contributed by atoms with Gasteiger partial charge in [-0.05, 0) is 30.5 Å². The number of ether oxygens (including phenoxy) is 7. The molecule has 2 heterocycles. The van der Waals surface area contributed by atoms with Crippen LogP contribution in [-0.4, -0.2) is 67.5 Å². The third-order valence-corrected chi connectivity index (χ3v) is 7.14. The first-order valence-corrected chi connectivity index (χ1v) is 14.2. The zero-order valence-electron chi connectivity index (χ0n) is 23.7. The zero-order valence-corrected chi connectivity index (χ0v) is 23.7. The molecule has 3 aromatic rings. The highest BCUT2D eigenvalue weighted by atomic mass is 16.8. The van der Waals surface area contributed by atoms with Crippen LogP contribution >= 0.6 is 0 Å². The Hall–Kier alpha value is -2.66. The van der Waals surface area contributed by atoms with Crippen LogP contribution in [0, 0.1) is 0 Å². The molecule has 0 unspecified atom stereocenters. The first-order valence-electron chi connectivity index (χ1n) is 14.2. The molecule has 8 nitrogen and oxygen atoms in total. The molecule has 3 aromatic carbocycles. The van der Waals surface area contributed by atoms with Crippen molar-refractivity contribution < 1.29 is 38.3 Å². The molecule has 41 heavy (non-hydrogen) atoms. The Morgan fingerprint density at radius 2 is 1.17 bits per heavy atom. The minimum Gasteiger partial charge on any atom is -0.394 e. The predicted octanol–water partition coefficient (Wildman–Crippen LogP) is 4.63. The van der Waals surface area contributed by atoms with E-state index in [1.807, 2.05) is 105 Å². The van der Waals surface area contributed by atoms with E-state index in [0.29, 0.717) is 26.4 Å². The van der Waals surface area contributed by atoms with Crippen molar-refractivity contribution in [2.45, 2.75) is 76.3 Å². The number of aliphatic hydroxyl groups excluding tert-OH is 1. The van der Waals surface area contributed by atoms with E-state index < -0.39 is 36.5 Å². The van der Waals surface area contributed by atoms with Gasteiger partial charge in [0.1, 0.15) is 30.5 Å². The summed E-state index contributed by atoms with van der Waals surface area (Å²) >= 11 is 0. The molecule has 220 valence electrons. The monoisotopic (exact) mass is 564 g/mol. The quantitative estimate of drug-likeness (QED) is 0.322. The second-order valence-corrected chi connectivity index (χ2v) is 10.8. The maximum absolute atomic E-state index is 10.4. The Labute approximate surface area is 242 Å². The highest BCUT2D eigenvalue weighted by Crippen LogP contribution is 2.32. The van der Waals surface area contributed by atoms with Crippen LogP contribution in [0.25, 0.3) is 0 Å². The topological polar surface area (TPSA) is 84.8 Å². The Balaban J connectivity index is 1.39. The van der Waals surface area contributed by atoms with Crippen LogP contribution in [0.15, 0.2) is 91.0 Å². The summed E-state index contributed by atoms with van der Waals surface area (Å²) in [5, 5.41) is 10.4. The maximum Gasteiger partial charge on any atom is 0.187 e. The molecular formula is C33H40O8. The number of hydrogen-bond acceptors (Lipinski definition) is 8. The van der Waals surface area contributed by atoms with Gasteiger partial charge in [-0.3, -0.25) is 0 Å². The van der Waals surface area contributed by atoms with Gasteiger partial charge in [-0.15, -0.1) is 0 Å². The number of rotatable bonds is 13. The van der Waals surface area contributed by atoms with Crippen molar-refractivity contribution in [3.8, 4) is 0 Å². The molecule has 6 atom stereocenters. The van der Waals surface area contributed by atoms with Crippen LogP contribution in [0.1, 0.15) is 30.5 Å². The lowest BCUT2D eigenvalue weighted by Crippen LogP contribution is -2.61. The smallest absolute Gasteiger partial charge is 0.187 e. The molecular weight excluding hydrogens is 524 g/mol. The van der Waals surface area contributed by atoms with Crippen molar-refractivity contribution in [1.29, 1.82) is 0 Å². The first kappa shape index (κ1) is 29.8. The van der Waals surface area contributed by atoms with Gasteiger partial charge in [0, 0.05) is 0 Å². The van der Waals surface area contributed by atoms with Crippen molar-refractivity contribution in [1.82, 2.24) is 0 Å². The van der Waals surface area contributed by atoms with Gasteiger partial charge in [-0.25, -0.2) is 0 Å². The summed E-state index contributed by atoms with van der Waals surface area (Å²) < 4.78 is 43.8. The van der Waals surface area contributed by atoms with Crippen LogP contribution in [0.2, 0.25) is 0 Å². The second-order valence-electron chi connectivity index (χ2n) is 10.8. The SMILES string of the molecule is CC1(C)OC[C@H](CO[C@H]2O[C@H](CO)[C@@H](OCc3ccccc3)[C@H](OCc3ccccc3)[C@H]2OCc2ccccc2)O1. The van der Waals surface area contributed by atoms with Crippen molar-refractivity contribution >= 4 is 0 Å². The van der Waals surface area contributed by atoms with Crippen molar-refractivity contribution in [3.05, 3.63) is 108 Å². The lowest BCUT2D eigenvalue weighted by atomic mass is 9.98. The maximum atomic E-state index is 10.4. The molecule has 0 amide bonds. The van der Waals surface area contributed by atoms with Gasteiger partial charge in [-0.2, -0.15) is 0 Å². The third kappa shape index (κ3) is 8.44. The summed E-state index contributed by atoms with van der Waals surface area (Å²) in [6.45, 7) is 5.11. The van der Waals surface area contributed by atoms with Crippen LogP contribution in [0.4, 0.5) is 0 Å². The molecule has 0 bridgehead atoms. The van der Waals surface area contributed by atoms with Gasteiger partial charge in [-0.1, -0.05) is 91.0 Å². The molecule has 0 aromatic heterocycles. The largest absolute Gasteiger partial charge is 0.394 e. The molecule has 1 N–H and O–H groups in total. The van der Waals surface area contributed by atoms with Crippen LogP contribution in [-0.2, 0) is 53.0 Å². The molecule has 0 spiro atoms. The molecule has 0 saturated carbocycles. The molecule has 0 radical (unpaired) electrons. The van der Waals surface area contributed by atoms with E-state index in [1.165, 1.54) is 0 Å². The van der Waals surface area contributed by atoms with E-state index in [1.54, 1.807) is 0 Å². The van der Waals surface area contributed by atoms with Gasteiger partial charge < -0.3 is 38.3 Å². The van der Waals surface area contributed by atoms with Gasteiger partial charge in [0.25, 0.3) is 0 Å². The van der Waals surface area contributed by atoms with Crippen molar-refractivity contribution in [2.75, 3.05) is 19.8 Å². The highest BCUT2D eigenvalue weighted by molar-refractivity contribution is 5.15. The van der Waals surface area contributed by atoms with Crippen molar-refractivity contribution in [2.24, 2.45) is 0 Å². The predicted molar refractivity (Wildman–Crippen MR) is 152 cm³/mol. The van der Waals surface area contributed by atoms with Crippen molar-refractivity contribution in [3.63, 3.8) is 0 Å². The zero-order chi connectivity index (χ0) is 28.5. The van der Waals surface area contributed by atoms with Crippen LogP contribution in [0.3, 0.4) is 0 Å². The number of hydrogen-bond donors (Lipinski definition) is 1. The summed E-state index contributed by atoms with van der Waals surface area (Å²) in [6, 6.07) is 29.8. The van der Waals surface area contributed by atoms with Gasteiger partial charge in [0.15, 0.2) is 12.1 Å². The van der Waals surface area contributed by atoms with E-state index in [-0.39, 0.29) is 19.3 Å². The molecule has 0 aliphatic carbocycles. The van der Waals surface area contributed by atoms with E-state index in [0.717, 1.165) is 16.7 Å². The van der Waals surface area contributed by atoms with Gasteiger partial charge >= 0.3 is 0 Å². The molecule has 2 saturated heterocycles. The molecule has 2 aliphatic rings. The van der Waals surface area contributed by atoms with Crippen LogP contribution in [0.5, 0.6) is 0 Å². The highest BCUT2D eigenvalue weighted by Gasteiger charge is 2.49.